The molecule has 0 radical (unpaired) electrons. The zero-order chi connectivity index (χ0) is 14.0. The molecule has 1 aromatic carbocycles. The Labute approximate surface area is 115 Å². The minimum Gasteiger partial charge on any atom is -0.328 e. The van der Waals surface area contributed by atoms with Gasteiger partial charge in [0.15, 0.2) is 5.82 Å². The molecular formula is C13H15ClF2N2O. The molecule has 6 heteroatoms. The van der Waals surface area contributed by atoms with E-state index in [4.69, 9.17) is 17.3 Å². The molecule has 1 aliphatic rings. The molecule has 0 aromatic heterocycles. The lowest BCUT2D eigenvalue weighted by Gasteiger charge is -2.25. The first-order chi connectivity index (χ1) is 8.97. The maximum absolute atomic E-state index is 13.6. The van der Waals surface area contributed by atoms with E-state index in [9.17, 15) is 13.6 Å². The highest BCUT2D eigenvalue weighted by atomic mass is 35.5. The third kappa shape index (κ3) is 3.42. The van der Waals surface area contributed by atoms with Gasteiger partial charge in [-0.1, -0.05) is 18.0 Å². The zero-order valence-electron chi connectivity index (χ0n) is 10.3. The predicted molar refractivity (Wildman–Crippen MR) is 69.9 cm³/mol. The van der Waals surface area contributed by atoms with Crippen LogP contribution in [0.2, 0.25) is 5.02 Å². The van der Waals surface area contributed by atoms with E-state index in [-0.39, 0.29) is 28.6 Å². The summed E-state index contributed by atoms with van der Waals surface area (Å²) in [6.45, 7) is 0. The van der Waals surface area contributed by atoms with Crippen LogP contribution in [0.1, 0.15) is 25.7 Å². The Balaban J connectivity index is 2.10. The van der Waals surface area contributed by atoms with E-state index < -0.39 is 11.6 Å². The number of halogens is 3. The zero-order valence-corrected chi connectivity index (χ0v) is 11.0. The summed E-state index contributed by atoms with van der Waals surface area (Å²) < 4.78 is 26.4. The van der Waals surface area contributed by atoms with Crippen LogP contribution in [-0.4, -0.2) is 11.9 Å². The maximum atomic E-state index is 13.6. The van der Waals surface area contributed by atoms with Crippen LogP contribution in [0.25, 0.3) is 0 Å². The average Bonchev–Trinajstić information content (AvgIpc) is 2.33. The normalized spacial score (nSPS) is 23.2. The summed E-state index contributed by atoms with van der Waals surface area (Å²) in [5.41, 5.74) is 5.63. The van der Waals surface area contributed by atoms with Gasteiger partial charge in [-0.15, -0.1) is 0 Å². The molecule has 0 heterocycles. The van der Waals surface area contributed by atoms with Crippen LogP contribution in [0.4, 0.5) is 14.5 Å². The number of nitrogens with two attached hydrogens (primary N) is 1. The highest BCUT2D eigenvalue weighted by Crippen LogP contribution is 2.29. The summed E-state index contributed by atoms with van der Waals surface area (Å²) in [5, 5.41) is 2.28. The molecule has 3 nitrogen and oxygen atoms in total. The fourth-order valence-electron chi connectivity index (χ4n) is 2.35. The van der Waals surface area contributed by atoms with Crippen molar-refractivity contribution in [1.29, 1.82) is 0 Å². The molecule has 2 atom stereocenters. The van der Waals surface area contributed by atoms with Gasteiger partial charge in [-0.25, -0.2) is 8.78 Å². The predicted octanol–water partition coefficient (Wildman–Crippen LogP) is 3.07. The van der Waals surface area contributed by atoms with Gasteiger partial charge >= 0.3 is 0 Å². The average molecular weight is 289 g/mol. The molecule has 1 amide bonds. The Hall–Kier alpha value is -1.20. The fourth-order valence-corrected chi connectivity index (χ4v) is 2.59. The van der Waals surface area contributed by atoms with Gasteiger partial charge in [0.05, 0.1) is 10.7 Å². The van der Waals surface area contributed by atoms with Crippen molar-refractivity contribution in [2.24, 2.45) is 11.7 Å². The molecule has 0 saturated heterocycles. The molecule has 3 N–H and O–H groups in total. The number of carbonyl (C=O) groups excluding carboxylic acids is 1. The molecule has 2 rings (SSSR count). The molecular weight excluding hydrogens is 274 g/mol. The minimum absolute atomic E-state index is 0.00182. The third-order valence-corrected chi connectivity index (χ3v) is 3.64. The molecule has 2 unspecified atom stereocenters. The first-order valence-corrected chi connectivity index (χ1v) is 6.56. The lowest BCUT2D eigenvalue weighted by Crippen LogP contribution is -2.34. The van der Waals surface area contributed by atoms with Crippen LogP contribution in [-0.2, 0) is 4.79 Å². The van der Waals surface area contributed by atoms with E-state index in [1.165, 1.54) is 0 Å². The Morgan fingerprint density at radius 3 is 2.74 bits per heavy atom. The van der Waals surface area contributed by atoms with Crippen molar-refractivity contribution in [2.45, 2.75) is 31.7 Å². The quantitative estimate of drug-likeness (QED) is 0.879. The van der Waals surface area contributed by atoms with E-state index in [0.29, 0.717) is 12.5 Å². The fraction of sp³-hybridized carbons (Fsp3) is 0.462. The highest BCUT2D eigenvalue weighted by molar-refractivity contribution is 6.33. The first-order valence-electron chi connectivity index (χ1n) is 6.18. The van der Waals surface area contributed by atoms with Gasteiger partial charge in [-0.3, -0.25) is 4.79 Å². The monoisotopic (exact) mass is 288 g/mol. The van der Waals surface area contributed by atoms with Gasteiger partial charge in [-0.05, 0) is 25.3 Å². The Bertz CT molecular complexity index is 473. The van der Waals surface area contributed by atoms with Gasteiger partial charge in [0.25, 0.3) is 0 Å². The Morgan fingerprint density at radius 1 is 1.37 bits per heavy atom. The van der Waals surface area contributed by atoms with Crippen molar-refractivity contribution >= 4 is 23.2 Å². The van der Waals surface area contributed by atoms with Gasteiger partial charge in [0.1, 0.15) is 5.82 Å². The van der Waals surface area contributed by atoms with Crippen LogP contribution in [0.5, 0.6) is 0 Å². The van der Waals surface area contributed by atoms with Gasteiger partial charge in [-0.2, -0.15) is 0 Å². The van der Waals surface area contributed by atoms with Crippen LogP contribution in [0.15, 0.2) is 12.1 Å². The Kier molecular flexibility index (Phi) is 4.37. The van der Waals surface area contributed by atoms with E-state index >= 15 is 0 Å². The van der Waals surface area contributed by atoms with Gasteiger partial charge in [0.2, 0.25) is 5.91 Å². The van der Waals surface area contributed by atoms with Crippen LogP contribution in [0, 0.1) is 17.6 Å². The number of rotatable bonds is 2. The highest BCUT2D eigenvalue weighted by Gasteiger charge is 2.26. The Morgan fingerprint density at radius 2 is 2.11 bits per heavy atom. The summed E-state index contributed by atoms with van der Waals surface area (Å²) >= 11 is 5.73. The van der Waals surface area contributed by atoms with Crippen molar-refractivity contribution in [2.75, 3.05) is 5.32 Å². The summed E-state index contributed by atoms with van der Waals surface area (Å²) in [7, 11) is 0. The molecule has 0 bridgehead atoms. The molecule has 1 fully saturated rings. The molecule has 1 aliphatic carbocycles. The van der Waals surface area contributed by atoms with Crippen LogP contribution in [0.3, 0.4) is 0 Å². The largest absolute Gasteiger partial charge is 0.328 e. The van der Waals surface area contributed by atoms with Crippen LogP contribution >= 0.6 is 11.6 Å². The number of benzene rings is 1. The molecule has 1 aromatic rings. The summed E-state index contributed by atoms with van der Waals surface area (Å²) in [6, 6.07) is 1.65. The topological polar surface area (TPSA) is 55.1 Å². The molecule has 0 aliphatic heterocycles. The number of anilines is 1. The summed E-state index contributed by atoms with van der Waals surface area (Å²) in [5.74, 6) is -2.22. The van der Waals surface area contributed by atoms with Crippen molar-refractivity contribution in [3.8, 4) is 0 Å². The van der Waals surface area contributed by atoms with Crippen molar-refractivity contribution in [3.63, 3.8) is 0 Å². The van der Waals surface area contributed by atoms with E-state index in [1.54, 1.807) is 0 Å². The smallest absolute Gasteiger partial charge is 0.227 e. The maximum Gasteiger partial charge on any atom is 0.227 e. The van der Waals surface area contributed by atoms with Crippen molar-refractivity contribution in [1.82, 2.24) is 0 Å². The number of hydrogen-bond donors (Lipinski definition) is 2. The molecule has 19 heavy (non-hydrogen) atoms. The second-order valence-electron chi connectivity index (χ2n) is 4.86. The second kappa shape index (κ2) is 5.84. The first kappa shape index (κ1) is 14.2. The van der Waals surface area contributed by atoms with Gasteiger partial charge in [0, 0.05) is 18.0 Å². The SMILES string of the molecule is NC1CCCC(C(=O)Nc2c(F)cc(F)cc2Cl)C1. The molecule has 104 valence electrons. The lowest BCUT2D eigenvalue weighted by molar-refractivity contribution is -0.120. The number of amides is 1. The summed E-state index contributed by atoms with van der Waals surface area (Å²) in [4.78, 5) is 12.0. The van der Waals surface area contributed by atoms with Gasteiger partial charge < -0.3 is 11.1 Å². The standard InChI is InChI=1S/C13H15ClF2N2O/c14-10-5-8(15)6-11(16)12(10)18-13(19)7-2-1-3-9(17)4-7/h5-7,9H,1-4,17H2,(H,18,19). The summed E-state index contributed by atoms with van der Waals surface area (Å²) in [6.07, 6.45) is 3.07. The minimum atomic E-state index is -0.876. The third-order valence-electron chi connectivity index (χ3n) is 3.34. The van der Waals surface area contributed by atoms with E-state index in [1.807, 2.05) is 0 Å². The van der Waals surface area contributed by atoms with E-state index in [0.717, 1.165) is 25.3 Å². The molecule has 0 spiro atoms. The van der Waals surface area contributed by atoms with Crippen molar-refractivity contribution < 1.29 is 13.6 Å². The number of hydrogen-bond acceptors (Lipinski definition) is 2. The second-order valence-corrected chi connectivity index (χ2v) is 5.26. The molecule has 1 saturated carbocycles. The van der Waals surface area contributed by atoms with Crippen LogP contribution < -0.4 is 11.1 Å². The van der Waals surface area contributed by atoms with Crippen molar-refractivity contribution in [3.05, 3.63) is 28.8 Å². The number of nitrogens with one attached hydrogen (secondary N) is 1. The number of carbonyl (C=O) groups is 1. The van der Waals surface area contributed by atoms with E-state index in [2.05, 4.69) is 5.32 Å². The lowest BCUT2D eigenvalue weighted by atomic mass is 9.85.